The van der Waals surface area contributed by atoms with Crippen molar-refractivity contribution in [3.05, 3.63) is 24.0 Å². The molecule has 0 spiro atoms. The van der Waals surface area contributed by atoms with E-state index in [0.717, 1.165) is 18.4 Å². The van der Waals surface area contributed by atoms with E-state index in [0.29, 0.717) is 19.0 Å². The summed E-state index contributed by atoms with van der Waals surface area (Å²) < 4.78 is 11.2. The molecule has 0 amide bonds. The molecule has 4 heteroatoms. The van der Waals surface area contributed by atoms with Crippen molar-refractivity contribution >= 4 is 0 Å². The summed E-state index contributed by atoms with van der Waals surface area (Å²) in [4.78, 5) is 4.13. The first-order valence-corrected chi connectivity index (χ1v) is 7.03. The number of aliphatic hydroxyl groups is 1. The summed E-state index contributed by atoms with van der Waals surface area (Å²) in [5.74, 6) is 0.677. The minimum atomic E-state index is -0.699. The minimum absolute atomic E-state index is 0.554. The highest BCUT2D eigenvalue weighted by molar-refractivity contribution is 5.27. The molecule has 1 N–H and O–H groups in total. The highest BCUT2D eigenvalue weighted by Crippen LogP contribution is 2.35. The molecule has 1 aromatic rings. The summed E-state index contributed by atoms with van der Waals surface area (Å²) in [6.45, 7) is 9.09. The van der Waals surface area contributed by atoms with Crippen LogP contribution in [0.15, 0.2) is 18.5 Å². The van der Waals surface area contributed by atoms with Crippen LogP contribution in [0.25, 0.3) is 0 Å². The van der Waals surface area contributed by atoms with Crippen LogP contribution < -0.4 is 4.74 Å². The average molecular weight is 267 g/mol. The predicted molar refractivity (Wildman–Crippen MR) is 75.3 cm³/mol. The Bertz CT molecular complexity index is 377. The van der Waals surface area contributed by atoms with Gasteiger partial charge >= 0.3 is 0 Å². The molecule has 0 radical (unpaired) electrons. The Hall–Kier alpha value is -1.13. The van der Waals surface area contributed by atoms with Gasteiger partial charge in [0.05, 0.1) is 18.4 Å². The molecule has 0 fully saturated rings. The van der Waals surface area contributed by atoms with E-state index < -0.39 is 11.7 Å². The zero-order valence-corrected chi connectivity index (χ0v) is 12.3. The molecule has 19 heavy (non-hydrogen) atoms. The Morgan fingerprint density at radius 1 is 1.16 bits per heavy atom. The zero-order chi connectivity index (χ0) is 14.3. The third kappa shape index (κ3) is 3.67. The molecule has 0 bridgehead atoms. The lowest BCUT2D eigenvalue weighted by Gasteiger charge is -2.36. The van der Waals surface area contributed by atoms with Gasteiger partial charge in [-0.15, -0.1) is 0 Å². The van der Waals surface area contributed by atoms with Gasteiger partial charge in [0.1, 0.15) is 11.9 Å². The molecule has 0 saturated heterocycles. The molecule has 108 valence electrons. The molecular formula is C15H25NO3. The van der Waals surface area contributed by atoms with E-state index >= 15 is 0 Å². The van der Waals surface area contributed by atoms with Crippen molar-refractivity contribution in [3.8, 4) is 5.75 Å². The number of nitrogens with zero attached hydrogens (tertiary/aromatic N) is 1. The SMILES string of the molecule is CCOc1cncc(C(O)C(CC)(CC)OCC)c1. The molecule has 1 unspecified atom stereocenters. The number of pyridine rings is 1. The van der Waals surface area contributed by atoms with Crippen LogP contribution in [-0.2, 0) is 4.74 Å². The number of hydrogen-bond donors (Lipinski definition) is 1. The zero-order valence-electron chi connectivity index (χ0n) is 12.3. The van der Waals surface area contributed by atoms with Crippen LogP contribution in [0.4, 0.5) is 0 Å². The van der Waals surface area contributed by atoms with Crippen LogP contribution >= 0.6 is 0 Å². The standard InChI is InChI=1S/C15H25NO3/c1-5-15(6-2,19-8-4)14(17)12-9-13(18-7-3)11-16-10-12/h9-11,14,17H,5-8H2,1-4H3. The Labute approximate surface area is 115 Å². The number of hydrogen-bond acceptors (Lipinski definition) is 4. The molecule has 0 aromatic carbocycles. The van der Waals surface area contributed by atoms with Crippen LogP contribution in [-0.4, -0.2) is 28.9 Å². The minimum Gasteiger partial charge on any atom is -0.492 e. The molecule has 1 heterocycles. The molecule has 4 nitrogen and oxygen atoms in total. The van der Waals surface area contributed by atoms with Gasteiger partial charge in [0.25, 0.3) is 0 Å². The maximum absolute atomic E-state index is 10.6. The van der Waals surface area contributed by atoms with Crippen LogP contribution in [0.2, 0.25) is 0 Å². The van der Waals surface area contributed by atoms with Gasteiger partial charge in [-0.3, -0.25) is 4.98 Å². The summed E-state index contributed by atoms with van der Waals surface area (Å²) in [6, 6.07) is 1.83. The van der Waals surface area contributed by atoms with E-state index in [4.69, 9.17) is 9.47 Å². The predicted octanol–water partition coefficient (Wildman–Crippen LogP) is 3.11. The highest BCUT2D eigenvalue weighted by atomic mass is 16.5. The van der Waals surface area contributed by atoms with Crippen molar-refractivity contribution in [2.45, 2.75) is 52.2 Å². The third-order valence-electron chi connectivity index (χ3n) is 3.49. The second kappa shape index (κ2) is 7.46. The third-order valence-corrected chi connectivity index (χ3v) is 3.49. The lowest BCUT2D eigenvalue weighted by molar-refractivity contribution is -0.127. The second-order valence-corrected chi connectivity index (χ2v) is 4.49. The van der Waals surface area contributed by atoms with Crippen molar-refractivity contribution in [1.29, 1.82) is 0 Å². The van der Waals surface area contributed by atoms with E-state index in [9.17, 15) is 5.11 Å². The van der Waals surface area contributed by atoms with Crippen LogP contribution in [0, 0.1) is 0 Å². The second-order valence-electron chi connectivity index (χ2n) is 4.49. The lowest BCUT2D eigenvalue weighted by Crippen LogP contribution is -2.38. The summed E-state index contributed by atoms with van der Waals surface area (Å²) in [7, 11) is 0. The fourth-order valence-electron chi connectivity index (χ4n) is 2.34. The Kier molecular flexibility index (Phi) is 6.25. The molecular weight excluding hydrogens is 242 g/mol. The number of aromatic nitrogens is 1. The van der Waals surface area contributed by atoms with E-state index in [1.807, 2.05) is 33.8 Å². The van der Waals surface area contributed by atoms with Crippen molar-refractivity contribution in [2.75, 3.05) is 13.2 Å². The quantitative estimate of drug-likeness (QED) is 0.786. The van der Waals surface area contributed by atoms with Crippen LogP contribution in [0.3, 0.4) is 0 Å². The monoisotopic (exact) mass is 267 g/mol. The van der Waals surface area contributed by atoms with Gasteiger partial charge in [0, 0.05) is 18.4 Å². The average Bonchev–Trinajstić information content (AvgIpc) is 2.45. The van der Waals surface area contributed by atoms with Gasteiger partial charge in [-0.1, -0.05) is 13.8 Å². The molecule has 0 saturated carbocycles. The summed E-state index contributed by atoms with van der Waals surface area (Å²) in [5, 5.41) is 10.6. The van der Waals surface area contributed by atoms with Gasteiger partial charge in [-0.05, 0) is 32.8 Å². The molecule has 0 aliphatic rings. The number of ether oxygens (including phenoxy) is 2. The normalized spacial score (nSPS) is 13.3. The molecule has 0 aliphatic heterocycles. The van der Waals surface area contributed by atoms with Crippen LogP contribution in [0.1, 0.15) is 52.2 Å². The first-order valence-electron chi connectivity index (χ1n) is 7.03. The van der Waals surface area contributed by atoms with Gasteiger partial charge < -0.3 is 14.6 Å². The first-order chi connectivity index (χ1) is 9.13. The van der Waals surface area contributed by atoms with Crippen LogP contribution in [0.5, 0.6) is 5.75 Å². The van der Waals surface area contributed by atoms with E-state index in [-0.39, 0.29) is 0 Å². The maximum atomic E-state index is 10.6. The van der Waals surface area contributed by atoms with Crippen molar-refractivity contribution < 1.29 is 14.6 Å². The summed E-state index contributed by atoms with van der Waals surface area (Å²) in [6.07, 6.45) is 4.12. The van der Waals surface area contributed by atoms with E-state index in [2.05, 4.69) is 4.98 Å². The lowest BCUT2D eigenvalue weighted by atomic mass is 9.86. The summed E-state index contributed by atoms with van der Waals surface area (Å²) in [5.41, 5.74) is 0.185. The fourth-order valence-corrected chi connectivity index (χ4v) is 2.34. The number of rotatable bonds is 8. The Morgan fingerprint density at radius 2 is 1.84 bits per heavy atom. The fraction of sp³-hybridized carbons (Fsp3) is 0.667. The van der Waals surface area contributed by atoms with E-state index in [1.165, 1.54) is 0 Å². The maximum Gasteiger partial charge on any atom is 0.137 e. The van der Waals surface area contributed by atoms with Crippen molar-refractivity contribution in [3.63, 3.8) is 0 Å². The summed E-state index contributed by atoms with van der Waals surface area (Å²) >= 11 is 0. The van der Waals surface area contributed by atoms with Gasteiger partial charge in [0.2, 0.25) is 0 Å². The van der Waals surface area contributed by atoms with Crippen molar-refractivity contribution in [2.24, 2.45) is 0 Å². The first kappa shape index (κ1) is 15.9. The van der Waals surface area contributed by atoms with Gasteiger partial charge in [-0.2, -0.15) is 0 Å². The molecule has 1 atom stereocenters. The topological polar surface area (TPSA) is 51.6 Å². The molecule has 1 aromatic heterocycles. The smallest absolute Gasteiger partial charge is 0.137 e. The van der Waals surface area contributed by atoms with Gasteiger partial charge in [0.15, 0.2) is 0 Å². The molecule has 1 rings (SSSR count). The highest BCUT2D eigenvalue weighted by Gasteiger charge is 2.36. The van der Waals surface area contributed by atoms with Crippen molar-refractivity contribution in [1.82, 2.24) is 4.98 Å². The largest absolute Gasteiger partial charge is 0.492 e. The van der Waals surface area contributed by atoms with E-state index in [1.54, 1.807) is 12.4 Å². The Balaban J connectivity index is 3.01. The molecule has 0 aliphatic carbocycles. The van der Waals surface area contributed by atoms with Gasteiger partial charge in [-0.25, -0.2) is 0 Å². The Morgan fingerprint density at radius 3 is 2.37 bits per heavy atom. The number of aliphatic hydroxyl groups excluding tert-OH is 1.